The van der Waals surface area contributed by atoms with Crippen LogP contribution in [0.3, 0.4) is 0 Å². The third-order valence-electron chi connectivity index (χ3n) is 2.21. The van der Waals surface area contributed by atoms with E-state index >= 15 is 0 Å². The highest BCUT2D eigenvalue weighted by molar-refractivity contribution is 5.84. The Hall–Kier alpha value is -0.860. The molecule has 0 N–H and O–H groups in total. The molecule has 0 aromatic heterocycles. The Labute approximate surface area is 84.8 Å². The fourth-order valence-corrected chi connectivity index (χ4v) is 1.50. The molecule has 0 spiro atoms. The molecule has 0 saturated heterocycles. The van der Waals surface area contributed by atoms with E-state index in [0.29, 0.717) is 31.0 Å². The molecule has 0 atom stereocenters. The molecule has 3 heteroatoms. The summed E-state index contributed by atoms with van der Waals surface area (Å²) in [6.07, 6.45) is 2.54. The number of hydrogen-bond acceptors (Lipinski definition) is 3. The zero-order valence-electron chi connectivity index (χ0n) is 9.13. The van der Waals surface area contributed by atoms with Crippen molar-refractivity contribution in [3.8, 4) is 0 Å². The molecule has 1 aliphatic rings. The van der Waals surface area contributed by atoms with Crippen molar-refractivity contribution in [1.82, 2.24) is 0 Å². The predicted octanol–water partition coefficient (Wildman–Crippen LogP) is 2.09. The van der Waals surface area contributed by atoms with Gasteiger partial charge < -0.3 is 4.74 Å². The van der Waals surface area contributed by atoms with Gasteiger partial charge in [0.1, 0.15) is 11.4 Å². The lowest BCUT2D eigenvalue weighted by atomic mass is 9.81. The molecule has 1 aliphatic carbocycles. The van der Waals surface area contributed by atoms with Crippen molar-refractivity contribution in [1.29, 1.82) is 0 Å². The van der Waals surface area contributed by atoms with Crippen molar-refractivity contribution < 1.29 is 14.3 Å². The Morgan fingerprint density at radius 2 is 2.00 bits per heavy atom. The second-order valence-electron chi connectivity index (χ2n) is 4.94. The summed E-state index contributed by atoms with van der Waals surface area (Å²) in [5.41, 5.74) is -0.396. The van der Waals surface area contributed by atoms with Crippen molar-refractivity contribution in [3.63, 3.8) is 0 Å². The predicted molar refractivity (Wildman–Crippen MR) is 52.8 cm³/mol. The molecule has 0 unspecified atom stereocenters. The monoisotopic (exact) mass is 198 g/mol. The summed E-state index contributed by atoms with van der Waals surface area (Å²) >= 11 is 0. The van der Waals surface area contributed by atoms with Crippen LogP contribution in [-0.2, 0) is 14.3 Å². The van der Waals surface area contributed by atoms with E-state index in [0.717, 1.165) is 6.42 Å². The van der Waals surface area contributed by atoms with E-state index in [9.17, 15) is 9.59 Å². The average molecular weight is 198 g/mol. The molecule has 0 heterocycles. The first-order chi connectivity index (χ1) is 6.37. The van der Waals surface area contributed by atoms with Crippen LogP contribution in [0.5, 0.6) is 0 Å². The zero-order valence-corrected chi connectivity index (χ0v) is 9.13. The summed E-state index contributed by atoms with van der Waals surface area (Å²) < 4.78 is 5.16. The lowest BCUT2D eigenvalue weighted by molar-refractivity contribution is -0.155. The number of ether oxygens (including phenoxy) is 1. The highest BCUT2D eigenvalue weighted by atomic mass is 16.6. The van der Waals surface area contributed by atoms with E-state index < -0.39 is 5.60 Å². The number of Topliss-reactive ketones (excluding diaryl/α,β-unsaturated/α-hetero) is 1. The van der Waals surface area contributed by atoms with E-state index in [-0.39, 0.29) is 5.97 Å². The van der Waals surface area contributed by atoms with Crippen molar-refractivity contribution in [3.05, 3.63) is 0 Å². The lowest BCUT2D eigenvalue weighted by Gasteiger charge is -2.24. The van der Waals surface area contributed by atoms with Crippen LogP contribution in [0.1, 0.15) is 46.5 Å². The Balaban J connectivity index is 2.13. The van der Waals surface area contributed by atoms with Gasteiger partial charge in [0.15, 0.2) is 0 Å². The van der Waals surface area contributed by atoms with Gasteiger partial charge in [0, 0.05) is 19.3 Å². The Morgan fingerprint density at radius 1 is 1.43 bits per heavy atom. The molecule has 3 nitrogen and oxygen atoms in total. The molecular formula is C11H18O3. The summed E-state index contributed by atoms with van der Waals surface area (Å²) in [5, 5.41) is 0. The Morgan fingerprint density at radius 3 is 2.43 bits per heavy atom. The number of esters is 1. The molecule has 0 aliphatic heterocycles. The molecule has 1 saturated carbocycles. The summed E-state index contributed by atoms with van der Waals surface area (Å²) in [4.78, 5) is 21.9. The van der Waals surface area contributed by atoms with E-state index in [4.69, 9.17) is 4.74 Å². The Bertz CT molecular complexity index is 229. The first-order valence-corrected chi connectivity index (χ1v) is 5.10. The Kier molecular flexibility index (Phi) is 3.29. The smallest absolute Gasteiger partial charge is 0.306 e. The molecular weight excluding hydrogens is 180 g/mol. The first-order valence-electron chi connectivity index (χ1n) is 5.10. The number of hydrogen-bond donors (Lipinski definition) is 0. The number of carbonyl (C=O) groups excluding carboxylic acids is 2. The molecule has 1 rings (SSSR count). The topological polar surface area (TPSA) is 43.4 Å². The number of rotatable bonds is 3. The quantitative estimate of drug-likeness (QED) is 0.652. The summed E-state index contributed by atoms with van der Waals surface area (Å²) in [6.45, 7) is 5.58. The van der Waals surface area contributed by atoms with Gasteiger partial charge in [-0.2, -0.15) is 0 Å². The minimum Gasteiger partial charge on any atom is -0.460 e. The van der Waals surface area contributed by atoms with Gasteiger partial charge in [-0.05, 0) is 33.1 Å². The maximum atomic E-state index is 11.3. The van der Waals surface area contributed by atoms with E-state index in [1.54, 1.807) is 0 Å². The number of carbonyl (C=O) groups is 2. The van der Waals surface area contributed by atoms with Crippen molar-refractivity contribution in [2.45, 2.75) is 52.1 Å². The number of ketones is 1. The standard InChI is InChI=1S/C11H18O3/c1-11(2,3)14-10(13)5-4-8-6-9(12)7-8/h8H,4-7H2,1-3H3. The molecule has 0 aromatic rings. The summed E-state index contributed by atoms with van der Waals surface area (Å²) in [7, 11) is 0. The van der Waals surface area contributed by atoms with Crippen molar-refractivity contribution in [2.75, 3.05) is 0 Å². The van der Waals surface area contributed by atoms with Crippen LogP contribution in [0.15, 0.2) is 0 Å². The minimum absolute atomic E-state index is 0.156. The largest absolute Gasteiger partial charge is 0.460 e. The molecule has 14 heavy (non-hydrogen) atoms. The maximum absolute atomic E-state index is 11.3. The lowest BCUT2D eigenvalue weighted by Crippen LogP contribution is -2.27. The van der Waals surface area contributed by atoms with Crippen LogP contribution in [0.2, 0.25) is 0 Å². The minimum atomic E-state index is -0.396. The maximum Gasteiger partial charge on any atom is 0.306 e. The average Bonchev–Trinajstić information content (AvgIpc) is 1.92. The molecule has 1 fully saturated rings. The van der Waals surface area contributed by atoms with Crippen LogP contribution in [0, 0.1) is 5.92 Å². The van der Waals surface area contributed by atoms with Crippen LogP contribution < -0.4 is 0 Å². The zero-order chi connectivity index (χ0) is 10.8. The molecule has 80 valence electrons. The highest BCUT2D eigenvalue weighted by Gasteiger charge is 2.27. The van der Waals surface area contributed by atoms with E-state index in [2.05, 4.69) is 0 Å². The van der Waals surface area contributed by atoms with Crippen molar-refractivity contribution >= 4 is 11.8 Å². The van der Waals surface area contributed by atoms with Crippen LogP contribution in [0.25, 0.3) is 0 Å². The normalized spacial score (nSPS) is 17.8. The summed E-state index contributed by atoms with van der Waals surface area (Å²) in [5.74, 6) is 0.589. The van der Waals surface area contributed by atoms with E-state index in [1.807, 2.05) is 20.8 Å². The molecule has 0 aromatic carbocycles. The van der Waals surface area contributed by atoms with Crippen LogP contribution in [-0.4, -0.2) is 17.4 Å². The summed E-state index contributed by atoms with van der Waals surface area (Å²) in [6, 6.07) is 0. The second-order valence-corrected chi connectivity index (χ2v) is 4.94. The van der Waals surface area contributed by atoms with Gasteiger partial charge in [0.25, 0.3) is 0 Å². The van der Waals surface area contributed by atoms with Gasteiger partial charge in [-0.3, -0.25) is 9.59 Å². The van der Waals surface area contributed by atoms with Crippen LogP contribution in [0.4, 0.5) is 0 Å². The van der Waals surface area contributed by atoms with Gasteiger partial charge in [0.2, 0.25) is 0 Å². The molecule has 0 amide bonds. The van der Waals surface area contributed by atoms with E-state index in [1.165, 1.54) is 0 Å². The third kappa shape index (κ3) is 3.90. The SMILES string of the molecule is CC(C)(C)OC(=O)CCC1CC(=O)C1. The van der Waals surface area contributed by atoms with Gasteiger partial charge in [0.05, 0.1) is 0 Å². The van der Waals surface area contributed by atoms with Crippen LogP contribution >= 0.6 is 0 Å². The van der Waals surface area contributed by atoms with Crippen molar-refractivity contribution in [2.24, 2.45) is 5.92 Å². The molecule has 0 radical (unpaired) electrons. The third-order valence-corrected chi connectivity index (χ3v) is 2.21. The van der Waals surface area contributed by atoms with Gasteiger partial charge in [-0.15, -0.1) is 0 Å². The second kappa shape index (κ2) is 4.11. The van der Waals surface area contributed by atoms with Gasteiger partial charge in [-0.1, -0.05) is 0 Å². The fourth-order valence-electron chi connectivity index (χ4n) is 1.50. The van der Waals surface area contributed by atoms with Gasteiger partial charge >= 0.3 is 5.97 Å². The first kappa shape index (κ1) is 11.2. The highest BCUT2D eigenvalue weighted by Crippen LogP contribution is 2.27. The molecule has 0 bridgehead atoms. The fraction of sp³-hybridized carbons (Fsp3) is 0.818. The van der Waals surface area contributed by atoms with Gasteiger partial charge in [-0.25, -0.2) is 0 Å².